The lowest BCUT2D eigenvalue weighted by Crippen LogP contribution is -2.39. The lowest BCUT2D eigenvalue weighted by Gasteiger charge is -2.20. The average Bonchev–Trinajstić information content (AvgIpc) is 2.43. The minimum atomic E-state index is -0.291. The van der Waals surface area contributed by atoms with E-state index < -0.39 is 0 Å². The van der Waals surface area contributed by atoms with Crippen molar-refractivity contribution in [1.82, 2.24) is 5.32 Å². The van der Waals surface area contributed by atoms with Crippen LogP contribution >= 0.6 is 0 Å². The number of rotatable bonds is 1. The Bertz CT molecular complexity index is 238. The zero-order valence-electron chi connectivity index (χ0n) is 6.87. The number of piperidine rings is 1. The summed E-state index contributed by atoms with van der Waals surface area (Å²) in [7, 11) is 0. The van der Waals surface area contributed by atoms with Gasteiger partial charge in [0.1, 0.15) is 6.10 Å². The number of hydrogen-bond donors (Lipinski definition) is 1. The fourth-order valence-electron chi connectivity index (χ4n) is 2.04. The van der Waals surface area contributed by atoms with Crippen molar-refractivity contribution < 1.29 is 14.3 Å². The van der Waals surface area contributed by atoms with Crippen LogP contribution in [0, 0.1) is 5.92 Å². The van der Waals surface area contributed by atoms with Crippen LogP contribution in [0.3, 0.4) is 0 Å². The molecule has 12 heavy (non-hydrogen) atoms. The van der Waals surface area contributed by atoms with Gasteiger partial charge in [-0.05, 0) is 6.42 Å². The van der Waals surface area contributed by atoms with E-state index in [1.54, 1.807) is 0 Å². The molecule has 0 aromatic carbocycles. The molecule has 1 heterocycles. The first-order chi connectivity index (χ1) is 5.66. The van der Waals surface area contributed by atoms with Crippen LogP contribution in [0.15, 0.2) is 0 Å². The molecule has 1 aliphatic carbocycles. The Kier molecular flexibility index (Phi) is 1.56. The van der Waals surface area contributed by atoms with E-state index in [-0.39, 0.29) is 29.9 Å². The van der Waals surface area contributed by atoms with Gasteiger partial charge in [0.15, 0.2) is 0 Å². The SMILES string of the molecule is CC(=O)OC1CC2CC1C(=O)N2. The van der Waals surface area contributed by atoms with Gasteiger partial charge >= 0.3 is 5.97 Å². The number of hydrogen-bond acceptors (Lipinski definition) is 3. The van der Waals surface area contributed by atoms with Crippen LogP contribution in [0.5, 0.6) is 0 Å². The molecule has 66 valence electrons. The van der Waals surface area contributed by atoms with E-state index in [2.05, 4.69) is 5.32 Å². The first-order valence-electron chi connectivity index (χ1n) is 4.14. The monoisotopic (exact) mass is 169 g/mol. The van der Waals surface area contributed by atoms with Crippen LogP contribution in [0.2, 0.25) is 0 Å². The summed E-state index contributed by atoms with van der Waals surface area (Å²) >= 11 is 0. The molecule has 1 amide bonds. The van der Waals surface area contributed by atoms with Crippen molar-refractivity contribution in [3.05, 3.63) is 0 Å². The van der Waals surface area contributed by atoms with E-state index in [1.165, 1.54) is 6.92 Å². The van der Waals surface area contributed by atoms with E-state index in [1.807, 2.05) is 0 Å². The third-order valence-corrected chi connectivity index (χ3v) is 2.50. The van der Waals surface area contributed by atoms with Gasteiger partial charge in [-0.25, -0.2) is 0 Å². The highest BCUT2D eigenvalue weighted by Crippen LogP contribution is 2.34. The molecular formula is C8H11NO3. The average molecular weight is 169 g/mol. The quantitative estimate of drug-likeness (QED) is 0.554. The second kappa shape index (κ2) is 2.47. The number of carbonyl (C=O) groups excluding carboxylic acids is 2. The minimum absolute atomic E-state index is 0.0394. The molecule has 3 unspecified atom stereocenters. The highest BCUT2D eigenvalue weighted by Gasteiger charge is 2.47. The fraction of sp³-hybridized carbons (Fsp3) is 0.750. The van der Waals surface area contributed by atoms with Gasteiger partial charge < -0.3 is 10.1 Å². The first-order valence-corrected chi connectivity index (χ1v) is 4.14. The second-order valence-electron chi connectivity index (χ2n) is 3.43. The molecule has 2 aliphatic rings. The van der Waals surface area contributed by atoms with Crippen molar-refractivity contribution in [1.29, 1.82) is 0 Å². The van der Waals surface area contributed by atoms with Crippen molar-refractivity contribution >= 4 is 11.9 Å². The van der Waals surface area contributed by atoms with E-state index >= 15 is 0 Å². The highest BCUT2D eigenvalue weighted by atomic mass is 16.5. The topological polar surface area (TPSA) is 55.4 Å². The molecule has 3 atom stereocenters. The van der Waals surface area contributed by atoms with E-state index in [4.69, 9.17) is 4.74 Å². The van der Waals surface area contributed by atoms with Gasteiger partial charge in [-0.1, -0.05) is 0 Å². The normalized spacial score (nSPS) is 38.1. The van der Waals surface area contributed by atoms with Gasteiger partial charge in [0, 0.05) is 19.4 Å². The van der Waals surface area contributed by atoms with Gasteiger partial charge in [0.05, 0.1) is 5.92 Å². The molecule has 4 nitrogen and oxygen atoms in total. The van der Waals surface area contributed by atoms with Crippen molar-refractivity contribution in [3.8, 4) is 0 Å². The third kappa shape index (κ3) is 1.07. The molecule has 0 aromatic heterocycles. The van der Waals surface area contributed by atoms with Crippen LogP contribution in [-0.2, 0) is 14.3 Å². The summed E-state index contributed by atoms with van der Waals surface area (Å²) in [6.07, 6.45) is 1.45. The zero-order chi connectivity index (χ0) is 8.72. The largest absolute Gasteiger partial charge is 0.462 e. The highest BCUT2D eigenvalue weighted by molar-refractivity contribution is 5.83. The van der Waals surface area contributed by atoms with Crippen LogP contribution in [0.4, 0.5) is 0 Å². The van der Waals surface area contributed by atoms with Gasteiger partial charge in [0.25, 0.3) is 0 Å². The summed E-state index contributed by atoms with van der Waals surface area (Å²) in [5.74, 6) is -0.336. The maximum atomic E-state index is 11.1. The van der Waals surface area contributed by atoms with E-state index in [9.17, 15) is 9.59 Å². The summed E-state index contributed by atoms with van der Waals surface area (Å²) in [6.45, 7) is 1.38. The Balaban J connectivity index is 2.02. The van der Waals surface area contributed by atoms with Crippen LogP contribution in [-0.4, -0.2) is 24.0 Å². The van der Waals surface area contributed by atoms with E-state index in [0.29, 0.717) is 0 Å². The lowest BCUT2D eigenvalue weighted by atomic mass is 10.1. The number of ether oxygens (including phenoxy) is 1. The van der Waals surface area contributed by atoms with Gasteiger partial charge in [0.2, 0.25) is 5.91 Å². The Hall–Kier alpha value is -1.06. The molecule has 4 heteroatoms. The molecule has 1 saturated heterocycles. The Morgan fingerprint density at radius 1 is 1.58 bits per heavy atom. The number of carbonyl (C=O) groups is 2. The maximum absolute atomic E-state index is 11.1. The lowest BCUT2D eigenvalue weighted by molar-refractivity contribution is -0.150. The van der Waals surface area contributed by atoms with Crippen LogP contribution in [0.1, 0.15) is 19.8 Å². The number of esters is 1. The van der Waals surface area contributed by atoms with Crippen molar-refractivity contribution in [2.45, 2.75) is 31.9 Å². The molecule has 2 fully saturated rings. The van der Waals surface area contributed by atoms with Crippen molar-refractivity contribution in [3.63, 3.8) is 0 Å². The minimum Gasteiger partial charge on any atom is -0.462 e. The molecule has 1 N–H and O–H groups in total. The number of nitrogens with one attached hydrogen (secondary N) is 1. The Morgan fingerprint density at radius 2 is 2.33 bits per heavy atom. The van der Waals surface area contributed by atoms with Gasteiger partial charge in [-0.3, -0.25) is 9.59 Å². The van der Waals surface area contributed by atoms with Gasteiger partial charge in [-0.15, -0.1) is 0 Å². The predicted octanol–water partition coefficient (Wildman–Crippen LogP) is -0.173. The molecule has 0 spiro atoms. The number of amides is 1. The molecule has 2 rings (SSSR count). The molecular weight excluding hydrogens is 158 g/mol. The maximum Gasteiger partial charge on any atom is 0.302 e. The second-order valence-corrected chi connectivity index (χ2v) is 3.43. The first kappa shape index (κ1) is 7.58. The van der Waals surface area contributed by atoms with Crippen molar-refractivity contribution in [2.75, 3.05) is 0 Å². The molecule has 2 bridgehead atoms. The summed E-state index contributed by atoms with van der Waals surface area (Å²) in [6, 6.07) is 0.242. The Labute approximate surface area is 70.3 Å². The van der Waals surface area contributed by atoms with Gasteiger partial charge in [-0.2, -0.15) is 0 Å². The molecule has 0 radical (unpaired) electrons. The smallest absolute Gasteiger partial charge is 0.302 e. The third-order valence-electron chi connectivity index (χ3n) is 2.50. The fourth-order valence-corrected chi connectivity index (χ4v) is 2.04. The molecule has 1 saturated carbocycles. The summed E-state index contributed by atoms with van der Waals surface area (Å²) in [5.41, 5.74) is 0. The van der Waals surface area contributed by atoms with E-state index in [0.717, 1.165) is 12.8 Å². The zero-order valence-corrected chi connectivity index (χ0v) is 6.87. The summed E-state index contributed by atoms with van der Waals surface area (Å²) in [5, 5.41) is 2.83. The Morgan fingerprint density at radius 3 is 2.83 bits per heavy atom. The van der Waals surface area contributed by atoms with Crippen LogP contribution < -0.4 is 5.32 Å². The summed E-state index contributed by atoms with van der Waals surface area (Å²) in [4.78, 5) is 21.8. The standard InChI is InChI=1S/C8H11NO3/c1-4(10)12-7-3-5-2-6(7)8(11)9-5/h5-7H,2-3H2,1H3,(H,9,11). The predicted molar refractivity (Wildman–Crippen MR) is 40.2 cm³/mol. The molecule has 0 aromatic rings. The van der Waals surface area contributed by atoms with Crippen molar-refractivity contribution in [2.24, 2.45) is 5.92 Å². The summed E-state index contributed by atoms with van der Waals surface area (Å²) < 4.78 is 5.02. The number of fused-ring (bicyclic) bond motifs is 2. The van der Waals surface area contributed by atoms with Crippen LogP contribution in [0.25, 0.3) is 0 Å². The molecule has 1 aliphatic heterocycles.